The Morgan fingerprint density at radius 3 is 1.71 bits per heavy atom. The van der Waals surface area contributed by atoms with Crippen molar-refractivity contribution in [2.24, 2.45) is 0 Å². The number of aliphatic hydroxyl groups excluding tert-OH is 1. The molecule has 0 aliphatic heterocycles. The van der Waals surface area contributed by atoms with Crippen molar-refractivity contribution in [3.05, 3.63) is 115 Å². The van der Waals surface area contributed by atoms with Crippen molar-refractivity contribution in [2.75, 3.05) is 12.8 Å². The molecule has 1 atom stereocenters. The summed E-state index contributed by atoms with van der Waals surface area (Å²) in [6, 6.07) is 30.4. The van der Waals surface area contributed by atoms with E-state index in [1.54, 1.807) is 0 Å². The Morgan fingerprint density at radius 2 is 1.29 bits per heavy atom. The van der Waals surface area contributed by atoms with Crippen LogP contribution in [-0.2, 0) is 4.79 Å². The number of rotatable bonds is 6. The number of hydrogen-bond donors (Lipinski definition) is 1. The third kappa shape index (κ3) is 3.69. The van der Waals surface area contributed by atoms with Gasteiger partial charge in [0.25, 0.3) is 0 Å². The van der Waals surface area contributed by atoms with Crippen LogP contribution >= 0.6 is 6.60 Å². The topological polar surface area (TPSA) is 37.3 Å². The monoisotopic (exact) mass is 432 g/mol. The van der Waals surface area contributed by atoms with Gasteiger partial charge >= 0.3 is 182 Å². The number of aliphatic hydroxyl groups is 1. The van der Waals surface area contributed by atoms with Crippen LogP contribution in [0.2, 0.25) is 0 Å². The maximum atomic E-state index is 14.0. The van der Waals surface area contributed by atoms with E-state index >= 15 is 0 Å². The molecule has 1 unspecified atom stereocenters. The molecular formula is C27H26FO2P. The number of benzene rings is 3. The third-order valence-corrected chi connectivity index (χ3v) is 12.6. The molecular weight excluding hydrogens is 406 g/mol. The molecule has 0 bridgehead atoms. The van der Waals surface area contributed by atoms with E-state index in [1.807, 2.05) is 54.6 Å². The molecule has 2 nitrogen and oxygen atoms in total. The zero-order valence-electron chi connectivity index (χ0n) is 17.5. The van der Waals surface area contributed by atoms with E-state index in [0.29, 0.717) is 0 Å². The number of hydrogen-bond acceptors (Lipinski definition) is 2. The van der Waals surface area contributed by atoms with Gasteiger partial charge in [-0.3, -0.25) is 0 Å². The summed E-state index contributed by atoms with van der Waals surface area (Å²) < 4.78 is 14.0. The Bertz CT molecular complexity index is 1040. The van der Waals surface area contributed by atoms with E-state index in [4.69, 9.17) is 0 Å². The van der Waals surface area contributed by atoms with Gasteiger partial charge in [0, 0.05) is 0 Å². The second-order valence-electron chi connectivity index (χ2n) is 8.32. The minimum atomic E-state index is -3.28. The molecule has 4 rings (SSSR count). The Morgan fingerprint density at radius 1 is 0.871 bits per heavy atom. The van der Waals surface area contributed by atoms with Crippen molar-refractivity contribution in [3.8, 4) is 0 Å². The standard InChI is InChI=1S/C27H26FO2P/c1-31(22-11-5-2-6-12-22,23-13-7-3-8-14-23,24-15-9-4-10-16-24)20-27(30)25-19-21(28)17-18-26(25)29/h2-17,19,26,29H,18,20H2,1H3. The van der Waals surface area contributed by atoms with E-state index < -0.39 is 18.5 Å². The van der Waals surface area contributed by atoms with Crippen molar-refractivity contribution in [1.29, 1.82) is 0 Å². The fourth-order valence-corrected chi connectivity index (χ4v) is 9.87. The normalized spacial score (nSPS) is 17.8. The van der Waals surface area contributed by atoms with Gasteiger partial charge in [0.2, 0.25) is 0 Å². The number of Topliss-reactive ketones (excluding diaryl/α,β-unsaturated/α-hetero) is 1. The van der Waals surface area contributed by atoms with Gasteiger partial charge in [-0.15, -0.1) is 0 Å². The van der Waals surface area contributed by atoms with Gasteiger partial charge in [0.15, 0.2) is 0 Å². The summed E-state index contributed by atoms with van der Waals surface area (Å²) in [4.78, 5) is 13.7. The van der Waals surface area contributed by atoms with Gasteiger partial charge < -0.3 is 0 Å². The summed E-state index contributed by atoms with van der Waals surface area (Å²) in [5.41, 5.74) is 0.152. The summed E-state index contributed by atoms with van der Waals surface area (Å²) in [5, 5.41) is 13.7. The minimum absolute atomic E-state index is 0.116. The SMILES string of the molecule is CP(CC(=O)C1=CC(F)=CCC1O)(c1ccccc1)(c1ccccc1)c1ccccc1. The van der Waals surface area contributed by atoms with Crippen LogP contribution in [0, 0.1) is 0 Å². The van der Waals surface area contributed by atoms with Gasteiger partial charge in [-0.05, 0) is 0 Å². The average Bonchev–Trinajstić information content (AvgIpc) is 2.82. The zero-order chi connectivity index (χ0) is 21.9. The van der Waals surface area contributed by atoms with Crippen molar-refractivity contribution in [2.45, 2.75) is 12.5 Å². The summed E-state index contributed by atoms with van der Waals surface area (Å²) in [5.74, 6) is -0.684. The first-order chi connectivity index (χ1) is 14.9. The first kappa shape index (κ1) is 21.4. The van der Waals surface area contributed by atoms with Gasteiger partial charge in [0.1, 0.15) is 0 Å². The third-order valence-electron chi connectivity index (χ3n) is 6.41. The van der Waals surface area contributed by atoms with Gasteiger partial charge in [-0.25, -0.2) is 0 Å². The first-order valence-corrected chi connectivity index (χ1v) is 13.3. The average molecular weight is 432 g/mol. The molecule has 0 radical (unpaired) electrons. The Hall–Kier alpha value is -2.87. The Balaban J connectivity index is 2.00. The van der Waals surface area contributed by atoms with Gasteiger partial charge in [-0.1, -0.05) is 0 Å². The van der Waals surface area contributed by atoms with Gasteiger partial charge in [0.05, 0.1) is 0 Å². The van der Waals surface area contributed by atoms with Crippen LogP contribution < -0.4 is 15.9 Å². The summed E-state index contributed by atoms with van der Waals surface area (Å²) in [6.45, 7) is -1.09. The van der Waals surface area contributed by atoms with Crippen LogP contribution in [0.4, 0.5) is 4.39 Å². The van der Waals surface area contributed by atoms with E-state index in [-0.39, 0.29) is 23.9 Å². The van der Waals surface area contributed by atoms with Crippen molar-refractivity contribution >= 4 is 28.3 Å². The number of carbonyl (C=O) groups is 1. The van der Waals surface area contributed by atoms with E-state index in [2.05, 4.69) is 43.1 Å². The van der Waals surface area contributed by atoms with Crippen LogP contribution in [0.5, 0.6) is 0 Å². The fraction of sp³-hybridized carbons (Fsp3) is 0.148. The zero-order valence-corrected chi connectivity index (χ0v) is 18.4. The number of ketones is 1. The molecule has 1 N–H and O–H groups in total. The quantitative estimate of drug-likeness (QED) is 0.591. The molecule has 4 heteroatoms. The van der Waals surface area contributed by atoms with E-state index in [9.17, 15) is 14.3 Å². The summed E-state index contributed by atoms with van der Waals surface area (Å²) in [6.07, 6.45) is 1.82. The predicted octanol–water partition coefficient (Wildman–Crippen LogP) is 4.26. The molecule has 158 valence electrons. The number of carbonyl (C=O) groups excluding carboxylic acids is 1. The second-order valence-corrected chi connectivity index (χ2v) is 13.8. The van der Waals surface area contributed by atoms with Crippen LogP contribution in [0.15, 0.2) is 115 Å². The van der Waals surface area contributed by atoms with E-state index in [0.717, 1.165) is 15.9 Å². The van der Waals surface area contributed by atoms with Gasteiger partial charge in [-0.2, -0.15) is 0 Å². The molecule has 0 amide bonds. The molecule has 0 saturated carbocycles. The molecule has 0 heterocycles. The summed E-state index contributed by atoms with van der Waals surface area (Å²) in [7, 11) is 0. The predicted molar refractivity (Wildman–Crippen MR) is 129 cm³/mol. The van der Waals surface area contributed by atoms with Crippen LogP contribution in [-0.4, -0.2) is 29.8 Å². The fourth-order valence-electron chi connectivity index (χ4n) is 4.59. The maximum absolute atomic E-state index is 14.0. The molecule has 0 spiro atoms. The molecule has 31 heavy (non-hydrogen) atoms. The van der Waals surface area contributed by atoms with Crippen LogP contribution in [0.3, 0.4) is 0 Å². The Labute approximate surface area is 182 Å². The molecule has 0 fully saturated rings. The first-order valence-electron chi connectivity index (χ1n) is 10.4. The molecule has 3 aromatic carbocycles. The summed E-state index contributed by atoms with van der Waals surface area (Å²) >= 11 is 0. The van der Waals surface area contributed by atoms with Crippen molar-refractivity contribution in [1.82, 2.24) is 0 Å². The van der Waals surface area contributed by atoms with Crippen molar-refractivity contribution < 1.29 is 14.3 Å². The van der Waals surface area contributed by atoms with E-state index in [1.165, 1.54) is 12.2 Å². The molecule has 0 aromatic heterocycles. The number of halogens is 1. The molecule has 0 saturated heterocycles. The molecule has 1 aliphatic carbocycles. The van der Waals surface area contributed by atoms with Crippen LogP contribution in [0.25, 0.3) is 0 Å². The molecule has 1 aliphatic rings. The Kier molecular flexibility index (Phi) is 5.75. The van der Waals surface area contributed by atoms with Crippen molar-refractivity contribution in [3.63, 3.8) is 0 Å². The van der Waals surface area contributed by atoms with Crippen LogP contribution in [0.1, 0.15) is 6.42 Å². The second kappa shape index (κ2) is 8.34. The molecule has 3 aromatic rings. The number of allylic oxidation sites excluding steroid dienone is 2.